The molecular formula is C9H17N3O3S. The molecule has 1 atom stereocenters. The first-order valence-electron chi connectivity index (χ1n) is 4.99. The zero-order chi connectivity index (χ0) is 12.8. The van der Waals surface area contributed by atoms with Gasteiger partial charge in [0.25, 0.3) is 0 Å². The van der Waals surface area contributed by atoms with Gasteiger partial charge in [-0.05, 0) is 13.3 Å². The highest BCUT2D eigenvalue weighted by atomic mass is 32.2. The van der Waals surface area contributed by atoms with Crippen LogP contribution in [0.3, 0.4) is 0 Å². The molecule has 0 saturated heterocycles. The van der Waals surface area contributed by atoms with E-state index in [0.29, 0.717) is 6.42 Å². The Kier molecular flexibility index (Phi) is 6.00. The number of hydrogen-bond acceptors (Lipinski definition) is 4. The van der Waals surface area contributed by atoms with Gasteiger partial charge in [-0.25, -0.2) is 8.42 Å². The predicted octanol–water partition coefficient (Wildman–Crippen LogP) is -0.314. The molecule has 0 aliphatic rings. The summed E-state index contributed by atoms with van der Waals surface area (Å²) in [6.45, 7) is 3.12. The molecule has 1 unspecified atom stereocenters. The van der Waals surface area contributed by atoms with Gasteiger partial charge in [0, 0.05) is 13.6 Å². The van der Waals surface area contributed by atoms with Crippen LogP contribution in [-0.4, -0.2) is 44.0 Å². The molecule has 0 aliphatic carbocycles. The van der Waals surface area contributed by atoms with Crippen molar-refractivity contribution in [3.05, 3.63) is 0 Å². The van der Waals surface area contributed by atoms with Gasteiger partial charge in [0.1, 0.15) is 0 Å². The Labute approximate surface area is 96.3 Å². The summed E-state index contributed by atoms with van der Waals surface area (Å²) in [5.41, 5.74) is 0. The standard InChI is InChI=1S/C9H17N3O3S/c1-4-5-12(7-9(13)11-3)16(14,15)8(2)6-10/h8H,4-5,7H2,1-3H3,(H,11,13). The van der Waals surface area contributed by atoms with E-state index >= 15 is 0 Å². The molecule has 6 nitrogen and oxygen atoms in total. The highest BCUT2D eigenvalue weighted by Gasteiger charge is 2.29. The number of nitrogens with zero attached hydrogens (tertiary/aromatic N) is 2. The zero-order valence-electron chi connectivity index (χ0n) is 9.73. The minimum absolute atomic E-state index is 0.237. The van der Waals surface area contributed by atoms with Crippen molar-refractivity contribution < 1.29 is 13.2 Å². The van der Waals surface area contributed by atoms with Crippen molar-refractivity contribution in [2.75, 3.05) is 20.1 Å². The smallest absolute Gasteiger partial charge is 0.235 e. The molecule has 0 aromatic carbocycles. The summed E-state index contributed by atoms with van der Waals surface area (Å²) < 4.78 is 24.7. The maximum Gasteiger partial charge on any atom is 0.235 e. The Balaban J connectivity index is 4.92. The van der Waals surface area contributed by atoms with E-state index in [9.17, 15) is 13.2 Å². The number of nitrogens with one attached hydrogen (secondary N) is 1. The highest BCUT2D eigenvalue weighted by Crippen LogP contribution is 2.08. The van der Waals surface area contributed by atoms with Crippen molar-refractivity contribution in [3.8, 4) is 6.07 Å². The quantitative estimate of drug-likeness (QED) is 0.697. The highest BCUT2D eigenvalue weighted by molar-refractivity contribution is 7.90. The van der Waals surface area contributed by atoms with Gasteiger partial charge in [-0.15, -0.1) is 0 Å². The summed E-state index contributed by atoms with van der Waals surface area (Å²) in [5.74, 6) is -0.387. The van der Waals surface area contributed by atoms with E-state index in [2.05, 4.69) is 5.32 Å². The van der Waals surface area contributed by atoms with Crippen molar-refractivity contribution in [1.82, 2.24) is 9.62 Å². The van der Waals surface area contributed by atoms with Gasteiger partial charge in [-0.3, -0.25) is 4.79 Å². The average molecular weight is 247 g/mol. The van der Waals surface area contributed by atoms with Gasteiger partial charge < -0.3 is 5.32 Å². The Morgan fingerprint density at radius 3 is 2.50 bits per heavy atom. The minimum Gasteiger partial charge on any atom is -0.358 e. The van der Waals surface area contributed by atoms with Crippen LogP contribution >= 0.6 is 0 Å². The van der Waals surface area contributed by atoms with Crippen LogP contribution in [0.25, 0.3) is 0 Å². The summed E-state index contributed by atoms with van der Waals surface area (Å²) >= 11 is 0. The van der Waals surface area contributed by atoms with E-state index in [1.54, 1.807) is 6.07 Å². The Morgan fingerprint density at radius 2 is 2.12 bits per heavy atom. The summed E-state index contributed by atoms with van der Waals surface area (Å²) in [6, 6.07) is 1.67. The fourth-order valence-corrected chi connectivity index (χ4v) is 2.39. The number of carbonyl (C=O) groups is 1. The van der Waals surface area contributed by atoms with E-state index in [1.807, 2.05) is 6.92 Å². The topological polar surface area (TPSA) is 90.3 Å². The van der Waals surface area contributed by atoms with E-state index in [4.69, 9.17) is 5.26 Å². The van der Waals surface area contributed by atoms with Crippen LogP contribution < -0.4 is 5.32 Å². The molecule has 1 N–H and O–H groups in total. The lowest BCUT2D eigenvalue weighted by molar-refractivity contribution is -0.120. The van der Waals surface area contributed by atoms with Crippen molar-refractivity contribution in [1.29, 1.82) is 5.26 Å². The van der Waals surface area contributed by atoms with Crippen molar-refractivity contribution in [2.24, 2.45) is 0 Å². The molecule has 0 aromatic heterocycles. The van der Waals surface area contributed by atoms with Gasteiger partial charge in [0.05, 0.1) is 12.6 Å². The lowest BCUT2D eigenvalue weighted by Crippen LogP contribution is -2.43. The molecule has 1 amide bonds. The van der Waals surface area contributed by atoms with Gasteiger partial charge >= 0.3 is 0 Å². The molecule has 0 aliphatic heterocycles. The van der Waals surface area contributed by atoms with Crippen LogP contribution in [0.5, 0.6) is 0 Å². The molecular weight excluding hydrogens is 230 g/mol. The minimum atomic E-state index is -3.71. The average Bonchev–Trinajstić information content (AvgIpc) is 2.26. The number of sulfonamides is 1. The van der Waals surface area contributed by atoms with Crippen LogP contribution in [0.1, 0.15) is 20.3 Å². The largest absolute Gasteiger partial charge is 0.358 e. The number of amides is 1. The third-order valence-electron chi connectivity index (χ3n) is 2.06. The first kappa shape index (κ1) is 14.9. The second-order valence-corrected chi connectivity index (χ2v) is 5.58. The lowest BCUT2D eigenvalue weighted by Gasteiger charge is -2.21. The van der Waals surface area contributed by atoms with E-state index < -0.39 is 15.3 Å². The second kappa shape index (κ2) is 6.45. The SMILES string of the molecule is CCCN(CC(=O)NC)S(=O)(=O)C(C)C#N. The molecule has 0 spiro atoms. The molecule has 16 heavy (non-hydrogen) atoms. The third-order valence-corrected chi connectivity index (χ3v) is 4.09. The molecule has 7 heteroatoms. The van der Waals surface area contributed by atoms with Gasteiger partial charge in [-0.2, -0.15) is 9.57 Å². The lowest BCUT2D eigenvalue weighted by atomic mass is 10.4. The van der Waals surface area contributed by atoms with Crippen LogP contribution in [0.4, 0.5) is 0 Å². The fourth-order valence-electron chi connectivity index (χ4n) is 1.08. The van der Waals surface area contributed by atoms with Crippen LogP contribution in [0.2, 0.25) is 0 Å². The summed E-state index contributed by atoms with van der Waals surface area (Å²) in [6.07, 6.45) is 0.592. The Hall–Kier alpha value is -1.13. The van der Waals surface area contributed by atoms with Crippen molar-refractivity contribution in [3.63, 3.8) is 0 Å². The van der Waals surface area contributed by atoms with Gasteiger partial charge in [0.15, 0.2) is 5.25 Å². The Bertz CT molecular complexity index is 372. The first-order chi connectivity index (χ1) is 7.39. The van der Waals surface area contributed by atoms with Crippen molar-refractivity contribution in [2.45, 2.75) is 25.5 Å². The Morgan fingerprint density at radius 1 is 1.56 bits per heavy atom. The predicted molar refractivity (Wildman–Crippen MR) is 59.9 cm³/mol. The van der Waals surface area contributed by atoms with Crippen molar-refractivity contribution >= 4 is 15.9 Å². The van der Waals surface area contributed by atoms with E-state index in [1.165, 1.54) is 14.0 Å². The fraction of sp³-hybridized carbons (Fsp3) is 0.778. The molecule has 92 valence electrons. The first-order valence-corrected chi connectivity index (χ1v) is 6.49. The molecule has 0 radical (unpaired) electrons. The third kappa shape index (κ3) is 3.79. The molecule has 0 aromatic rings. The monoisotopic (exact) mass is 247 g/mol. The summed E-state index contributed by atoms with van der Waals surface area (Å²) in [5, 5.41) is 9.84. The van der Waals surface area contributed by atoms with Gasteiger partial charge in [0.2, 0.25) is 15.9 Å². The number of nitriles is 1. The number of likely N-dealkylation sites (N-methyl/N-ethyl adjacent to an activating group) is 1. The van der Waals surface area contributed by atoms with E-state index in [-0.39, 0.29) is 19.0 Å². The van der Waals surface area contributed by atoms with E-state index in [0.717, 1.165) is 4.31 Å². The number of rotatable bonds is 6. The van der Waals surface area contributed by atoms with Crippen LogP contribution in [-0.2, 0) is 14.8 Å². The van der Waals surface area contributed by atoms with Crippen LogP contribution in [0.15, 0.2) is 0 Å². The number of carbonyl (C=O) groups excluding carboxylic acids is 1. The summed E-state index contributed by atoms with van der Waals surface area (Å²) in [4.78, 5) is 11.2. The maximum absolute atomic E-state index is 11.8. The molecule has 0 fully saturated rings. The maximum atomic E-state index is 11.8. The molecule has 0 saturated carbocycles. The second-order valence-electron chi connectivity index (χ2n) is 3.32. The van der Waals surface area contributed by atoms with Crippen LogP contribution in [0, 0.1) is 11.3 Å². The normalized spacial score (nSPS) is 13.2. The van der Waals surface area contributed by atoms with Gasteiger partial charge in [-0.1, -0.05) is 6.92 Å². The molecule has 0 rings (SSSR count). The molecule has 0 bridgehead atoms. The zero-order valence-corrected chi connectivity index (χ0v) is 10.5. The summed E-state index contributed by atoms with van der Waals surface area (Å²) in [7, 11) is -2.27. The molecule has 0 heterocycles. The number of hydrogen-bond donors (Lipinski definition) is 1.